The number of aromatic nitrogens is 2. The molecule has 0 N–H and O–H groups in total. The van der Waals surface area contributed by atoms with E-state index in [4.69, 9.17) is 0 Å². The van der Waals surface area contributed by atoms with Crippen molar-refractivity contribution < 1.29 is 17.9 Å². The van der Waals surface area contributed by atoms with E-state index in [9.17, 15) is 13.6 Å². The Morgan fingerprint density at radius 2 is 1.89 bits per heavy atom. The maximum Gasteiger partial charge on any atom is 0.316 e. The second-order valence-electron chi connectivity index (χ2n) is 4.09. The predicted molar refractivity (Wildman–Crippen MR) is 61.4 cm³/mol. The van der Waals surface area contributed by atoms with Gasteiger partial charge in [0.2, 0.25) is 5.69 Å². The minimum atomic E-state index is -3.91. The Hall–Kier alpha value is -1.89. The van der Waals surface area contributed by atoms with Crippen LogP contribution < -0.4 is 4.90 Å². The second kappa shape index (κ2) is 4.41. The maximum absolute atomic E-state index is 12.3. The third-order valence-corrected chi connectivity index (χ3v) is 4.21. The molecule has 0 saturated carbocycles. The van der Waals surface area contributed by atoms with E-state index in [0.717, 1.165) is 0 Å². The third kappa shape index (κ3) is 1.97. The number of hydrogen-bond donors (Lipinski definition) is 0. The van der Waals surface area contributed by atoms with E-state index in [1.807, 2.05) is 0 Å². The fourth-order valence-corrected chi connectivity index (χ4v) is 3.07. The summed E-state index contributed by atoms with van der Waals surface area (Å²) < 4.78 is 29.0. The number of rotatable bonds is 3. The highest BCUT2D eigenvalue weighted by Gasteiger charge is 2.34. The van der Waals surface area contributed by atoms with Crippen molar-refractivity contribution in [3.05, 3.63) is 41.2 Å². The molecule has 7 heteroatoms. The summed E-state index contributed by atoms with van der Waals surface area (Å²) >= 11 is 0. The fourth-order valence-electron chi connectivity index (χ4n) is 1.55. The summed E-state index contributed by atoms with van der Waals surface area (Å²) in [6, 6.07) is 7.72. The largest absolute Gasteiger partial charge is 0.358 e. The first-order chi connectivity index (χ1) is 8.44. The highest BCUT2D eigenvalue weighted by molar-refractivity contribution is 7.91. The zero-order chi connectivity index (χ0) is 13.3. The van der Waals surface area contributed by atoms with E-state index in [-0.39, 0.29) is 21.4 Å². The molecular formula is C11H12N2O4S. The molecule has 0 spiro atoms. The molecule has 0 amide bonds. The van der Waals surface area contributed by atoms with Crippen molar-refractivity contribution in [1.82, 2.24) is 5.16 Å². The number of benzene rings is 1. The van der Waals surface area contributed by atoms with Crippen molar-refractivity contribution in [2.24, 2.45) is 0 Å². The van der Waals surface area contributed by atoms with Gasteiger partial charge in [-0.3, -0.25) is 4.63 Å². The number of hydrogen-bond acceptors (Lipinski definition) is 5. The molecule has 0 atom stereocenters. The molecule has 18 heavy (non-hydrogen) atoms. The molecule has 0 bridgehead atoms. The van der Waals surface area contributed by atoms with Crippen molar-refractivity contribution in [3.63, 3.8) is 0 Å². The minimum Gasteiger partial charge on any atom is -0.358 e. The average Bonchev–Trinajstić information content (AvgIpc) is 2.73. The summed E-state index contributed by atoms with van der Waals surface area (Å²) in [5.41, 5.74) is 0.133. The van der Waals surface area contributed by atoms with Crippen LogP contribution in [0.3, 0.4) is 0 Å². The van der Waals surface area contributed by atoms with Gasteiger partial charge in [0.25, 0.3) is 9.84 Å². The monoisotopic (exact) mass is 268 g/mol. The van der Waals surface area contributed by atoms with Gasteiger partial charge in [-0.1, -0.05) is 32.0 Å². The second-order valence-corrected chi connectivity index (χ2v) is 5.96. The molecule has 0 fully saturated rings. The molecule has 96 valence electrons. The van der Waals surface area contributed by atoms with E-state index in [1.165, 1.54) is 12.1 Å². The molecular weight excluding hydrogens is 256 g/mol. The van der Waals surface area contributed by atoms with Crippen LogP contribution in [0.15, 0.2) is 44.9 Å². The Morgan fingerprint density at radius 1 is 1.28 bits per heavy atom. The number of nitrogens with zero attached hydrogens (tertiary/aromatic N) is 2. The quantitative estimate of drug-likeness (QED) is 0.782. The topological polar surface area (TPSA) is 87.1 Å². The zero-order valence-electron chi connectivity index (χ0n) is 9.90. The van der Waals surface area contributed by atoms with Crippen LogP contribution in [0.1, 0.15) is 25.5 Å². The summed E-state index contributed by atoms with van der Waals surface area (Å²) in [6.07, 6.45) is 0. The molecule has 0 aliphatic rings. The van der Waals surface area contributed by atoms with E-state index >= 15 is 0 Å². The molecule has 0 unspecified atom stereocenters. The predicted octanol–water partition coefficient (Wildman–Crippen LogP) is 1.26. The van der Waals surface area contributed by atoms with Crippen LogP contribution in [0.2, 0.25) is 0 Å². The lowest BCUT2D eigenvalue weighted by Crippen LogP contribution is -2.31. The van der Waals surface area contributed by atoms with Crippen molar-refractivity contribution in [1.29, 1.82) is 0 Å². The Bertz CT molecular complexity index is 647. The molecule has 2 aromatic rings. The van der Waals surface area contributed by atoms with Crippen molar-refractivity contribution >= 4 is 9.84 Å². The van der Waals surface area contributed by atoms with Gasteiger partial charge in [0.15, 0.2) is 0 Å². The summed E-state index contributed by atoms with van der Waals surface area (Å²) in [5, 5.41) is 14.5. The summed E-state index contributed by atoms with van der Waals surface area (Å²) in [5.74, 6) is -0.225. The van der Waals surface area contributed by atoms with Gasteiger partial charge in [-0.05, 0) is 17.0 Å². The average molecular weight is 268 g/mol. The van der Waals surface area contributed by atoms with Gasteiger partial charge in [-0.2, -0.15) is 0 Å². The van der Waals surface area contributed by atoms with Gasteiger partial charge in [-0.15, -0.1) is 0 Å². The normalized spacial score (nSPS) is 11.9. The van der Waals surface area contributed by atoms with Gasteiger partial charge in [0.1, 0.15) is 0 Å². The van der Waals surface area contributed by atoms with Gasteiger partial charge in [0.05, 0.1) is 4.90 Å². The fraction of sp³-hybridized carbons (Fsp3) is 0.273. The molecule has 1 heterocycles. The molecule has 0 aliphatic heterocycles. The highest BCUT2D eigenvalue weighted by Crippen LogP contribution is 2.24. The molecule has 6 nitrogen and oxygen atoms in total. The van der Waals surface area contributed by atoms with Gasteiger partial charge in [0, 0.05) is 11.1 Å². The Labute approximate surface area is 104 Å². The van der Waals surface area contributed by atoms with Crippen molar-refractivity contribution in [3.8, 4) is 0 Å². The summed E-state index contributed by atoms with van der Waals surface area (Å²) in [4.78, 5) is -0.0165. The van der Waals surface area contributed by atoms with E-state index in [1.54, 1.807) is 32.0 Å². The zero-order valence-corrected chi connectivity index (χ0v) is 10.7. The lowest BCUT2D eigenvalue weighted by atomic mass is 10.2. The van der Waals surface area contributed by atoms with E-state index < -0.39 is 14.9 Å². The highest BCUT2D eigenvalue weighted by atomic mass is 32.2. The standard InChI is InChI=1S/C11H12N2O4S/c1-8(2)10-11(13(14)17-12-10)18(15,16)9-6-4-3-5-7-9/h3-8H,1-2H3. The molecule has 1 aromatic heterocycles. The minimum absolute atomic E-state index is 0.0414. The molecule has 0 saturated heterocycles. The Morgan fingerprint density at radius 3 is 2.44 bits per heavy atom. The number of sulfone groups is 1. The molecule has 1 aromatic carbocycles. The van der Waals surface area contributed by atoms with Gasteiger partial charge >= 0.3 is 5.03 Å². The van der Waals surface area contributed by atoms with E-state index in [2.05, 4.69) is 9.79 Å². The Balaban J connectivity index is 2.66. The molecule has 0 aliphatic carbocycles. The van der Waals surface area contributed by atoms with Gasteiger partial charge in [-0.25, -0.2) is 8.42 Å². The van der Waals surface area contributed by atoms with Crippen LogP contribution in [-0.2, 0) is 9.84 Å². The van der Waals surface area contributed by atoms with Crippen LogP contribution in [0.4, 0.5) is 0 Å². The first-order valence-corrected chi connectivity index (χ1v) is 6.82. The first-order valence-electron chi connectivity index (χ1n) is 5.34. The maximum atomic E-state index is 12.3. The van der Waals surface area contributed by atoms with Crippen LogP contribution in [0, 0.1) is 5.21 Å². The smallest absolute Gasteiger partial charge is 0.316 e. The van der Waals surface area contributed by atoms with Crippen LogP contribution in [0.5, 0.6) is 0 Å². The van der Waals surface area contributed by atoms with Crippen LogP contribution >= 0.6 is 0 Å². The van der Waals surface area contributed by atoms with E-state index in [0.29, 0.717) is 0 Å². The van der Waals surface area contributed by atoms with Gasteiger partial charge < -0.3 is 5.21 Å². The van der Waals surface area contributed by atoms with Crippen molar-refractivity contribution in [2.75, 3.05) is 0 Å². The first kappa shape index (κ1) is 12.6. The third-order valence-electron chi connectivity index (χ3n) is 2.45. The SMILES string of the molecule is CC(C)c1no[n+]([O-])c1S(=O)(=O)c1ccccc1. The van der Waals surface area contributed by atoms with Crippen molar-refractivity contribution in [2.45, 2.75) is 29.7 Å². The van der Waals surface area contributed by atoms with Crippen LogP contribution in [0.25, 0.3) is 0 Å². The molecule has 0 radical (unpaired) electrons. The Kier molecular flexibility index (Phi) is 3.08. The lowest BCUT2D eigenvalue weighted by Gasteiger charge is -2.02. The summed E-state index contributed by atoms with van der Waals surface area (Å²) in [7, 11) is -3.91. The lowest BCUT2D eigenvalue weighted by molar-refractivity contribution is -0.832. The summed E-state index contributed by atoms with van der Waals surface area (Å²) in [6.45, 7) is 3.48. The van der Waals surface area contributed by atoms with Crippen LogP contribution in [-0.4, -0.2) is 13.6 Å². The molecule has 2 rings (SSSR count).